The molecule has 0 bridgehead atoms. The number of H-pyrrole nitrogens is 1. The number of benzene rings is 2. The summed E-state index contributed by atoms with van der Waals surface area (Å²) in [5.41, 5.74) is 3.70. The predicted molar refractivity (Wildman–Crippen MR) is 77.9 cm³/mol. The Morgan fingerprint density at radius 1 is 1.25 bits per heavy atom. The van der Waals surface area contributed by atoms with Gasteiger partial charge in [-0.05, 0) is 55.0 Å². The number of halogens is 1. The predicted octanol–water partition coefficient (Wildman–Crippen LogP) is 4.01. The molecule has 0 amide bonds. The maximum Gasteiger partial charge on any atom is 0.182 e. The minimum absolute atomic E-state index is 0.252. The van der Waals surface area contributed by atoms with Crippen LogP contribution in [-0.2, 0) is 0 Å². The summed E-state index contributed by atoms with van der Waals surface area (Å²) in [5.74, 6) is -0.437. The number of fused-ring (bicyclic) bond motifs is 1. The van der Waals surface area contributed by atoms with Gasteiger partial charge in [-0.15, -0.1) is 0 Å². The standard InChI is InChI=1S/C15H10FN3S/c1-9-2-4-14-12(6-9)18-15(20)19(14)13-5-3-11(16)7-10(13)8-17/h2-7H,1H3,(H,18,20). The highest BCUT2D eigenvalue weighted by molar-refractivity contribution is 7.71. The highest BCUT2D eigenvalue weighted by Crippen LogP contribution is 2.23. The third-order valence-corrected chi connectivity index (χ3v) is 3.44. The van der Waals surface area contributed by atoms with Crippen LogP contribution in [0, 0.1) is 28.8 Å². The summed E-state index contributed by atoms with van der Waals surface area (Å²) in [4.78, 5) is 3.11. The molecular formula is C15H10FN3S. The average Bonchev–Trinajstić information content (AvgIpc) is 2.73. The highest BCUT2D eigenvalue weighted by atomic mass is 32.1. The first-order valence-corrected chi connectivity index (χ1v) is 6.42. The van der Waals surface area contributed by atoms with E-state index in [4.69, 9.17) is 12.2 Å². The Kier molecular flexibility index (Phi) is 2.88. The summed E-state index contributed by atoms with van der Waals surface area (Å²) in [6.07, 6.45) is 0. The third-order valence-electron chi connectivity index (χ3n) is 3.16. The number of aryl methyl sites for hydroxylation is 1. The Morgan fingerprint density at radius 2 is 2.05 bits per heavy atom. The van der Waals surface area contributed by atoms with Gasteiger partial charge in [0.05, 0.1) is 22.3 Å². The van der Waals surface area contributed by atoms with Gasteiger partial charge < -0.3 is 4.98 Å². The van der Waals surface area contributed by atoms with Crippen molar-refractivity contribution in [3.8, 4) is 11.8 Å². The van der Waals surface area contributed by atoms with E-state index >= 15 is 0 Å². The molecule has 1 aromatic heterocycles. The largest absolute Gasteiger partial charge is 0.330 e. The lowest BCUT2D eigenvalue weighted by molar-refractivity contribution is 0.627. The molecular weight excluding hydrogens is 273 g/mol. The van der Waals surface area contributed by atoms with Crippen molar-refractivity contribution in [2.24, 2.45) is 0 Å². The van der Waals surface area contributed by atoms with E-state index < -0.39 is 5.82 Å². The molecule has 3 rings (SSSR count). The number of aromatic nitrogens is 2. The van der Waals surface area contributed by atoms with Gasteiger partial charge >= 0.3 is 0 Å². The van der Waals surface area contributed by atoms with Gasteiger partial charge in [-0.2, -0.15) is 5.26 Å². The number of nitrogens with zero attached hydrogens (tertiary/aromatic N) is 2. The van der Waals surface area contributed by atoms with E-state index in [2.05, 4.69) is 4.98 Å². The molecule has 2 aromatic carbocycles. The minimum Gasteiger partial charge on any atom is -0.330 e. The van der Waals surface area contributed by atoms with Crippen LogP contribution in [0.1, 0.15) is 11.1 Å². The number of hydrogen-bond acceptors (Lipinski definition) is 2. The van der Waals surface area contributed by atoms with Crippen LogP contribution >= 0.6 is 12.2 Å². The van der Waals surface area contributed by atoms with Gasteiger partial charge in [0, 0.05) is 0 Å². The van der Waals surface area contributed by atoms with Crippen LogP contribution in [0.5, 0.6) is 0 Å². The zero-order valence-corrected chi connectivity index (χ0v) is 11.5. The summed E-state index contributed by atoms with van der Waals surface area (Å²) in [7, 11) is 0. The van der Waals surface area contributed by atoms with Gasteiger partial charge in [0.25, 0.3) is 0 Å². The van der Waals surface area contributed by atoms with E-state index in [-0.39, 0.29) is 5.56 Å². The molecule has 3 nitrogen and oxygen atoms in total. The molecule has 1 heterocycles. The zero-order valence-electron chi connectivity index (χ0n) is 10.6. The molecule has 20 heavy (non-hydrogen) atoms. The van der Waals surface area contributed by atoms with E-state index in [1.54, 1.807) is 10.6 Å². The SMILES string of the molecule is Cc1ccc2c(c1)[nH]c(=S)n2-c1ccc(F)cc1C#N. The van der Waals surface area contributed by atoms with Crippen LogP contribution in [0.4, 0.5) is 4.39 Å². The summed E-state index contributed by atoms with van der Waals surface area (Å²) in [6, 6.07) is 12.0. The van der Waals surface area contributed by atoms with Crippen molar-refractivity contribution < 1.29 is 4.39 Å². The second-order valence-corrected chi connectivity index (χ2v) is 4.95. The second-order valence-electron chi connectivity index (χ2n) is 4.56. The van der Waals surface area contributed by atoms with Crippen LogP contribution in [-0.4, -0.2) is 9.55 Å². The Morgan fingerprint density at radius 3 is 2.80 bits per heavy atom. The smallest absolute Gasteiger partial charge is 0.182 e. The van der Waals surface area contributed by atoms with E-state index in [0.29, 0.717) is 10.5 Å². The first-order valence-electron chi connectivity index (χ1n) is 6.01. The molecule has 0 atom stereocenters. The molecule has 0 radical (unpaired) electrons. The first-order chi connectivity index (χ1) is 9.60. The molecule has 0 saturated heterocycles. The van der Waals surface area contributed by atoms with E-state index in [1.807, 2.05) is 31.2 Å². The van der Waals surface area contributed by atoms with Crippen molar-refractivity contribution >= 4 is 23.3 Å². The monoisotopic (exact) mass is 283 g/mol. The van der Waals surface area contributed by atoms with Crippen LogP contribution < -0.4 is 0 Å². The quantitative estimate of drug-likeness (QED) is 0.686. The number of nitrogens with one attached hydrogen (secondary N) is 1. The molecule has 98 valence electrons. The van der Waals surface area contributed by atoms with Crippen molar-refractivity contribution in [3.05, 3.63) is 58.1 Å². The number of rotatable bonds is 1. The molecule has 3 aromatic rings. The van der Waals surface area contributed by atoms with E-state index in [0.717, 1.165) is 16.6 Å². The third kappa shape index (κ3) is 1.91. The number of aromatic amines is 1. The van der Waals surface area contributed by atoms with Gasteiger partial charge in [-0.3, -0.25) is 4.57 Å². The fourth-order valence-electron chi connectivity index (χ4n) is 2.26. The lowest BCUT2D eigenvalue weighted by Crippen LogP contribution is -1.98. The van der Waals surface area contributed by atoms with Gasteiger partial charge in [0.2, 0.25) is 0 Å². The minimum atomic E-state index is -0.437. The molecule has 0 saturated carbocycles. The number of nitriles is 1. The fourth-order valence-corrected chi connectivity index (χ4v) is 2.56. The molecule has 0 spiro atoms. The Hall–Kier alpha value is -2.45. The number of hydrogen-bond donors (Lipinski definition) is 1. The molecule has 5 heteroatoms. The lowest BCUT2D eigenvalue weighted by Gasteiger charge is -2.07. The van der Waals surface area contributed by atoms with Gasteiger partial charge in [-0.25, -0.2) is 4.39 Å². The van der Waals surface area contributed by atoms with Crippen molar-refractivity contribution in [3.63, 3.8) is 0 Å². The van der Waals surface area contributed by atoms with Crippen molar-refractivity contribution in [1.29, 1.82) is 5.26 Å². The fraction of sp³-hybridized carbons (Fsp3) is 0.0667. The topological polar surface area (TPSA) is 44.5 Å². The molecule has 0 aliphatic carbocycles. The normalized spacial score (nSPS) is 10.7. The molecule has 0 aliphatic rings. The van der Waals surface area contributed by atoms with Crippen LogP contribution in [0.25, 0.3) is 16.7 Å². The average molecular weight is 283 g/mol. The summed E-state index contributed by atoms with van der Waals surface area (Å²) in [5, 5.41) is 9.17. The second kappa shape index (κ2) is 4.58. The maximum absolute atomic E-state index is 13.2. The summed E-state index contributed by atoms with van der Waals surface area (Å²) >= 11 is 5.32. The number of imidazole rings is 1. The summed E-state index contributed by atoms with van der Waals surface area (Å²) < 4.78 is 15.5. The first kappa shape index (κ1) is 12.6. The van der Waals surface area contributed by atoms with E-state index in [9.17, 15) is 9.65 Å². The zero-order chi connectivity index (χ0) is 14.3. The molecule has 1 N–H and O–H groups in total. The lowest BCUT2D eigenvalue weighted by atomic mass is 10.1. The Bertz CT molecular complexity index is 915. The molecule has 0 aliphatic heterocycles. The van der Waals surface area contributed by atoms with Crippen LogP contribution in [0.2, 0.25) is 0 Å². The van der Waals surface area contributed by atoms with Gasteiger partial charge in [0.1, 0.15) is 11.9 Å². The van der Waals surface area contributed by atoms with Gasteiger partial charge in [0.15, 0.2) is 4.77 Å². The van der Waals surface area contributed by atoms with Crippen molar-refractivity contribution in [1.82, 2.24) is 9.55 Å². The van der Waals surface area contributed by atoms with Crippen molar-refractivity contribution in [2.75, 3.05) is 0 Å². The van der Waals surface area contributed by atoms with Gasteiger partial charge in [-0.1, -0.05) is 6.07 Å². The Balaban J connectivity index is 2.39. The van der Waals surface area contributed by atoms with Crippen LogP contribution in [0.15, 0.2) is 36.4 Å². The van der Waals surface area contributed by atoms with E-state index in [1.165, 1.54) is 12.1 Å². The summed E-state index contributed by atoms with van der Waals surface area (Å²) in [6.45, 7) is 1.99. The molecule has 0 fully saturated rings. The maximum atomic E-state index is 13.2. The molecule has 0 unspecified atom stereocenters. The highest BCUT2D eigenvalue weighted by Gasteiger charge is 2.11. The van der Waals surface area contributed by atoms with Crippen LogP contribution in [0.3, 0.4) is 0 Å². The Labute approximate surface area is 119 Å². The van der Waals surface area contributed by atoms with Crippen molar-refractivity contribution in [2.45, 2.75) is 6.92 Å².